The standard InChI is InChI=1S/C16H32N2O2/c1-12-7-8-18(9-13(12)19-6)16(11-17)10-14(2,3)20-15(16,4)5/h12-13H,7-11,17H2,1-6H3. The van der Waals surface area contributed by atoms with Crippen molar-refractivity contribution >= 4 is 0 Å². The lowest BCUT2D eigenvalue weighted by molar-refractivity contribution is -0.121. The first kappa shape index (κ1) is 16.2. The molecule has 20 heavy (non-hydrogen) atoms. The lowest BCUT2D eigenvalue weighted by atomic mass is 9.75. The van der Waals surface area contributed by atoms with Crippen LogP contribution in [-0.2, 0) is 9.47 Å². The highest BCUT2D eigenvalue weighted by Gasteiger charge is 2.59. The Morgan fingerprint density at radius 2 is 1.95 bits per heavy atom. The Labute approximate surface area is 124 Å². The molecule has 2 saturated heterocycles. The maximum Gasteiger partial charge on any atom is 0.0830 e. The average Bonchev–Trinajstić information content (AvgIpc) is 2.54. The molecule has 2 fully saturated rings. The molecule has 0 aromatic carbocycles. The first-order chi connectivity index (χ1) is 9.17. The van der Waals surface area contributed by atoms with Gasteiger partial charge in [0.1, 0.15) is 0 Å². The van der Waals surface area contributed by atoms with Crippen LogP contribution >= 0.6 is 0 Å². The third-order valence-electron chi connectivity index (χ3n) is 5.51. The van der Waals surface area contributed by atoms with Crippen molar-refractivity contribution in [2.45, 2.75) is 70.3 Å². The molecule has 4 nitrogen and oxygen atoms in total. The zero-order valence-corrected chi connectivity index (χ0v) is 14.0. The van der Waals surface area contributed by atoms with Crippen LogP contribution in [-0.4, -0.2) is 54.5 Å². The van der Waals surface area contributed by atoms with E-state index in [0.29, 0.717) is 18.6 Å². The molecule has 0 saturated carbocycles. The second-order valence-electron chi connectivity index (χ2n) is 7.77. The van der Waals surface area contributed by atoms with E-state index in [0.717, 1.165) is 25.9 Å². The fraction of sp³-hybridized carbons (Fsp3) is 1.00. The topological polar surface area (TPSA) is 47.7 Å². The van der Waals surface area contributed by atoms with Crippen molar-refractivity contribution in [3.63, 3.8) is 0 Å². The first-order valence-electron chi connectivity index (χ1n) is 7.85. The maximum atomic E-state index is 6.33. The molecule has 0 amide bonds. The van der Waals surface area contributed by atoms with E-state index in [1.807, 2.05) is 7.11 Å². The minimum absolute atomic E-state index is 0.0899. The van der Waals surface area contributed by atoms with Crippen molar-refractivity contribution in [3.8, 4) is 0 Å². The van der Waals surface area contributed by atoms with Crippen molar-refractivity contribution < 1.29 is 9.47 Å². The number of likely N-dealkylation sites (tertiary alicyclic amines) is 1. The Hall–Kier alpha value is -0.160. The van der Waals surface area contributed by atoms with Crippen LogP contribution in [0.25, 0.3) is 0 Å². The van der Waals surface area contributed by atoms with Crippen LogP contribution in [0.2, 0.25) is 0 Å². The van der Waals surface area contributed by atoms with E-state index in [4.69, 9.17) is 15.2 Å². The molecule has 0 radical (unpaired) electrons. The number of rotatable bonds is 3. The normalized spacial score (nSPS) is 41.0. The van der Waals surface area contributed by atoms with Gasteiger partial charge < -0.3 is 15.2 Å². The van der Waals surface area contributed by atoms with Gasteiger partial charge in [0, 0.05) is 20.2 Å². The van der Waals surface area contributed by atoms with E-state index < -0.39 is 0 Å². The summed E-state index contributed by atoms with van der Waals surface area (Å²) in [5.74, 6) is 0.615. The molecule has 3 atom stereocenters. The van der Waals surface area contributed by atoms with Gasteiger partial charge >= 0.3 is 0 Å². The smallest absolute Gasteiger partial charge is 0.0830 e. The number of ether oxygens (including phenoxy) is 2. The Balaban J connectivity index is 2.28. The summed E-state index contributed by atoms with van der Waals surface area (Å²) in [6, 6.07) is 0. The van der Waals surface area contributed by atoms with E-state index in [2.05, 4.69) is 39.5 Å². The fourth-order valence-corrected chi connectivity index (χ4v) is 4.41. The summed E-state index contributed by atoms with van der Waals surface area (Å²) in [6.07, 6.45) is 2.44. The number of hydrogen-bond acceptors (Lipinski definition) is 4. The third-order valence-corrected chi connectivity index (χ3v) is 5.51. The van der Waals surface area contributed by atoms with E-state index in [-0.39, 0.29) is 16.7 Å². The van der Waals surface area contributed by atoms with Gasteiger partial charge in [0.05, 0.1) is 22.8 Å². The van der Waals surface area contributed by atoms with Crippen molar-refractivity contribution in [2.24, 2.45) is 11.7 Å². The highest BCUT2D eigenvalue weighted by molar-refractivity contribution is 5.14. The third kappa shape index (κ3) is 2.52. The van der Waals surface area contributed by atoms with Gasteiger partial charge in [-0.2, -0.15) is 0 Å². The lowest BCUT2D eigenvalue weighted by Crippen LogP contribution is -2.66. The van der Waals surface area contributed by atoms with E-state index in [1.54, 1.807) is 0 Å². The second-order valence-corrected chi connectivity index (χ2v) is 7.77. The van der Waals surface area contributed by atoms with E-state index in [1.165, 1.54) is 0 Å². The van der Waals surface area contributed by atoms with Gasteiger partial charge in [-0.05, 0) is 53.0 Å². The summed E-state index contributed by atoms with van der Waals surface area (Å²) >= 11 is 0. The Bertz CT molecular complexity index is 356. The van der Waals surface area contributed by atoms with Gasteiger partial charge in [-0.1, -0.05) is 6.92 Å². The molecule has 0 spiro atoms. The average molecular weight is 284 g/mol. The lowest BCUT2D eigenvalue weighted by Gasteiger charge is -2.51. The number of nitrogens with zero attached hydrogens (tertiary/aromatic N) is 1. The fourth-order valence-electron chi connectivity index (χ4n) is 4.41. The van der Waals surface area contributed by atoms with Gasteiger partial charge in [0.25, 0.3) is 0 Å². The molecule has 2 aliphatic rings. The molecule has 4 heteroatoms. The van der Waals surface area contributed by atoms with Crippen LogP contribution in [0.1, 0.15) is 47.5 Å². The second kappa shape index (κ2) is 5.24. The molecule has 118 valence electrons. The van der Waals surface area contributed by atoms with Crippen LogP contribution in [0.5, 0.6) is 0 Å². The number of piperidine rings is 1. The Morgan fingerprint density at radius 1 is 1.30 bits per heavy atom. The molecular weight excluding hydrogens is 252 g/mol. The minimum atomic E-state index is -0.232. The van der Waals surface area contributed by atoms with Gasteiger partial charge in [-0.15, -0.1) is 0 Å². The van der Waals surface area contributed by atoms with Gasteiger partial charge in [0.2, 0.25) is 0 Å². The largest absolute Gasteiger partial charge is 0.380 e. The molecule has 0 aromatic rings. The minimum Gasteiger partial charge on any atom is -0.380 e. The van der Waals surface area contributed by atoms with E-state index >= 15 is 0 Å². The Kier molecular flexibility index (Phi) is 4.25. The van der Waals surface area contributed by atoms with Gasteiger partial charge in [-0.25, -0.2) is 0 Å². The molecular formula is C16H32N2O2. The van der Waals surface area contributed by atoms with Crippen molar-refractivity contribution in [2.75, 3.05) is 26.7 Å². The Morgan fingerprint density at radius 3 is 2.40 bits per heavy atom. The van der Waals surface area contributed by atoms with E-state index in [9.17, 15) is 0 Å². The molecule has 0 aliphatic carbocycles. The monoisotopic (exact) mass is 284 g/mol. The predicted octanol–water partition coefficient (Wildman–Crippen LogP) is 2.02. The molecule has 3 unspecified atom stereocenters. The first-order valence-corrected chi connectivity index (χ1v) is 7.85. The summed E-state index contributed by atoms with van der Waals surface area (Å²) in [5.41, 5.74) is 5.82. The zero-order valence-electron chi connectivity index (χ0n) is 14.0. The molecule has 0 aromatic heterocycles. The molecule has 0 bridgehead atoms. The quantitative estimate of drug-likeness (QED) is 0.861. The maximum absolute atomic E-state index is 6.33. The van der Waals surface area contributed by atoms with Gasteiger partial charge in [-0.3, -0.25) is 4.90 Å². The highest BCUT2D eigenvalue weighted by atomic mass is 16.5. The van der Waals surface area contributed by atoms with Crippen LogP contribution in [0, 0.1) is 5.92 Å². The van der Waals surface area contributed by atoms with Crippen molar-refractivity contribution in [1.29, 1.82) is 0 Å². The summed E-state index contributed by atoms with van der Waals surface area (Å²) < 4.78 is 12.0. The summed E-state index contributed by atoms with van der Waals surface area (Å²) in [7, 11) is 1.82. The van der Waals surface area contributed by atoms with Gasteiger partial charge in [0.15, 0.2) is 0 Å². The molecule has 2 rings (SSSR count). The summed E-state index contributed by atoms with van der Waals surface area (Å²) in [4.78, 5) is 2.54. The predicted molar refractivity (Wildman–Crippen MR) is 81.8 cm³/mol. The van der Waals surface area contributed by atoms with Crippen molar-refractivity contribution in [3.05, 3.63) is 0 Å². The van der Waals surface area contributed by atoms with Crippen LogP contribution in [0.15, 0.2) is 0 Å². The molecule has 2 heterocycles. The SMILES string of the molecule is COC1CN(C2(CN)CC(C)(C)OC2(C)C)CCC1C. The zero-order chi connectivity index (χ0) is 15.2. The molecule has 2 N–H and O–H groups in total. The summed E-state index contributed by atoms with van der Waals surface area (Å²) in [6.45, 7) is 13.7. The van der Waals surface area contributed by atoms with Crippen molar-refractivity contribution in [1.82, 2.24) is 4.90 Å². The number of nitrogens with two attached hydrogens (primary N) is 1. The number of hydrogen-bond donors (Lipinski definition) is 1. The van der Waals surface area contributed by atoms with Crippen LogP contribution < -0.4 is 5.73 Å². The summed E-state index contributed by atoms with van der Waals surface area (Å²) in [5, 5.41) is 0. The molecule has 2 aliphatic heterocycles. The number of methoxy groups -OCH3 is 1. The van der Waals surface area contributed by atoms with Crippen LogP contribution in [0.4, 0.5) is 0 Å². The van der Waals surface area contributed by atoms with Crippen LogP contribution in [0.3, 0.4) is 0 Å². The highest BCUT2D eigenvalue weighted by Crippen LogP contribution is 2.48.